The molecule has 0 aromatic heterocycles. The molecule has 2 aromatic rings. The molecule has 0 fully saturated rings. The van der Waals surface area contributed by atoms with Gasteiger partial charge in [-0.15, -0.1) is 4.13 Å². The van der Waals surface area contributed by atoms with Crippen molar-refractivity contribution < 1.29 is 30.0 Å². The highest BCUT2D eigenvalue weighted by Crippen LogP contribution is 2.35. The maximum absolute atomic E-state index is 13.0. The molecule has 0 amide bonds. The fourth-order valence-corrected chi connectivity index (χ4v) is 6.81. The van der Waals surface area contributed by atoms with Crippen LogP contribution in [0.1, 0.15) is 12.5 Å². The molecule has 0 saturated heterocycles. The molecule has 30 heavy (non-hydrogen) atoms. The lowest BCUT2D eigenvalue weighted by Crippen LogP contribution is -2.39. The maximum atomic E-state index is 13.0. The van der Waals surface area contributed by atoms with Gasteiger partial charge in [-0.05, 0) is 54.6 Å². The zero-order valence-corrected chi connectivity index (χ0v) is 18.5. The van der Waals surface area contributed by atoms with E-state index >= 15 is 0 Å². The number of nitrogen functional groups attached to an aromatic ring is 1. The molecule has 0 aliphatic carbocycles. The molecule has 3 rings (SSSR count). The first-order valence-corrected chi connectivity index (χ1v) is 12.1. The Balaban J connectivity index is 1.90. The molecule has 1 atom stereocenters. The van der Waals surface area contributed by atoms with Crippen LogP contribution >= 0.6 is 15.9 Å². The summed E-state index contributed by atoms with van der Waals surface area (Å²) >= 11 is 3.29. The van der Waals surface area contributed by atoms with Crippen molar-refractivity contribution in [3.8, 4) is 0 Å². The first-order valence-electron chi connectivity index (χ1n) is 8.22. The summed E-state index contributed by atoms with van der Waals surface area (Å²) in [5.74, 6) is -0.730. The number of sulfonamides is 2. The van der Waals surface area contributed by atoms with Crippen molar-refractivity contribution in [2.75, 3.05) is 11.5 Å². The third kappa shape index (κ3) is 4.85. The summed E-state index contributed by atoms with van der Waals surface area (Å²) in [5, 5.41) is 1.20. The van der Waals surface area contributed by atoms with Crippen LogP contribution in [0.4, 0.5) is 18.9 Å². The van der Waals surface area contributed by atoms with Gasteiger partial charge in [0.25, 0.3) is 10.0 Å². The van der Waals surface area contributed by atoms with Crippen LogP contribution in [0.15, 0.2) is 50.8 Å². The Bertz CT molecular complexity index is 1360. The van der Waals surface area contributed by atoms with E-state index in [2.05, 4.69) is 20.9 Å². The Morgan fingerprint density at radius 2 is 1.80 bits per heavy atom. The minimum absolute atomic E-state index is 0.286. The van der Waals surface area contributed by atoms with Gasteiger partial charge in [0.1, 0.15) is 0 Å². The van der Waals surface area contributed by atoms with Gasteiger partial charge in [0.15, 0.2) is 0 Å². The van der Waals surface area contributed by atoms with Crippen molar-refractivity contribution in [2.24, 2.45) is 4.99 Å². The number of alkyl halides is 3. The molecule has 1 aliphatic heterocycles. The van der Waals surface area contributed by atoms with E-state index in [-0.39, 0.29) is 6.07 Å². The summed E-state index contributed by atoms with van der Waals surface area (Å²) in [5.41, 5.74) is 1.93. The maximum Gasteiger partial charge on any atom is 0.418 e. The number of fused-ring (bicyclic) bond motifs is 1. The third-order valence-electron chi connectivity index (χ3n) is 4.19. The van der Waals surface area contributed by atoms with Crippen LogP contribution in [0.5, 0.6) is 0 Å². The minimum Gasteiger partial charge on any atom is -0.398 e. The van der Waals surface area contributed by atoms with Crippen molar-refractivity contribution in [2.45, 2.75) is 23.5 Å². The fraction of sp³-hybridized carbons (Fsp3) is 0.235. The van der Waals surface area contributed by atoms with Crippen molar-refractivity contribution in [3.05, 3.63) is 57.0 Å². The highest BCUT2D eigenvalue weighted by atomic mass is 79.9. The van der Waals surface area contributed by atoms with Gasteiger partial charge in [0, 0.05) is 10.2 Å². The predicted octanol–water partition coefficient (Wildman–Crippen LogP) is 1.53. The number of anilines is 1. The van der Waals surface area contributed by atoms with Crippen LogP contribution in [0.2, 0.25) is 0 Å². The number of rotatable bonds is 5. The van der Waals surface area contributed by atoms with E-state index in [0.717, 1.165) is 16.6 Å². The van der Waals surface area contributed by atoms with E-state index in [1.165, 1.54) is 11.1 Å². The predicted molar refractivity (Wildman–Crippen MR) is 108 cm³/mol. The van der Waals surface area contributed by atoms with Gasteiger partial charge in [-0.25, -0.2) is 16.8 Å². The first-order chi connectivity index (χ1) is 13.6. The molecule has 162 valence electrons. The minimum atomic E-state index is -4.90. The summed E-state index contributed by atoms with van der Waals surface area (Å²) in [7, 11) is -9.32. The highest BCUT2D eigenvalue weighted by molar-refractivity contribution is 9.10. The number of nitrogens with two attached hydrogens (primary N) is 1. The lowest BCUT2D eigenvalue weighted by molar-refractivity contribution is -0.137. The van der Waals surface area contributed by atoms with Gasteiger partial charge in [-0.1, -0.05) is 15.9 Å². The summed E-state index contributed by atoms with van der Waals surface area (Å²) in [6.45, 7) is 1.50. The number of nitrogens with one attached hydrogen (secondary N) is 1. The molecule has 1 aliphatic rings. The Hall–Kier alpha value is -1.96. The molecule has 0 spiro atoms. The fourth-order valence-electron chi connectivity index (χ4n) is 3.04. The Labute approximate surface area is 178 Å². The molecule has 7 nitrogen and oxygen atoms in total. The van der Waals surface area contributed by atoms with E-state index in [1.54, 1.807) is 24.3 Å². The van der Waals surface area contributed by atoms with E-state index in [1.807, 2.05) is 0 Å². The van der Waals surface area contributed by atoms with Crippen LogP contribution in [-0.2, 0) is 26.2 Å². The molecule has 1 unspecified atom stereocenters. The highest BCUT2D eigenvalue weighted by Gasteiger charge is 2.36. The summed E-state index contributed by atoms with van der Waals surface area (Å²) in [6.07, 6.45) is -3.33. The molecular weight excluding hydrogens is 511 g/mol. The van der Waals surface area contributed by atoms with Gasteiger partial charge >= 0.3 is 6.18 Å². The second kappa shape index (κ2) is 7.32. The lowest BCUT2D eigenvalue weighted by atomic mass is 10.1. The van der Waals surface area contributed by atoms with Gasteiger partial charge in [0.2, 0.25) is 10.0 Å². The molecule has 0 saturated carbocycles. The second-order valence-electron chi connectivity index (χ2n) is 6.91. The summed E-state index contributed by atoms with van der Waals surface area (Å²) < 4.78 is 91.2. The Morgan fingerprint density at radius 3 is 2.43 bits per heavy atom. The zero-order chi connectivity index (χ0) is 22.5. The Kier molecular flexibility index (Phi) is 5.55. The monoisotopic (exact) mass is 525 g/mol. The molecule has 2 aromatic carbocycles. The summed E-state index contributed by atoms with van der Waals surface area (Å²) in [4.78, 5) is 3.44. The van der Waals surface area contributed by atoms with Crippen molar-refractivity contribution >= 4 is 47.7 Å². The van der Waals surface area contributed by atoms with Crippen LogP contribution in [-0.4, -0.2) is 28.1 Å². The van der Waals surface area contributed by atoms with Crippen molar-refractivity contribution in [3.63, 3.8) is 0 Å². The molecule has 1 heterocycles. The van der Waals surface area contributed by atoms with E-state index in [9.17, 15) is 30.0 Å². The smallest absolute Gasteiger partial charge is 0.398 e. The van der Waals surface area contributed by atoms with E-state index < -0.39 is 53.7 Å². The normalized spacial score (nSPS) is 19.1. The molecule has 3 N–H and O–H groups in total. The zero-order valence-electron chi connectivity index (χ0n) is 15.2. The molecule has 0 bridgehead atoms. The van der Waals surface area contributed by atoms with E-state index in [4.69, 9.17) is 5.73 Å². The standard InChI is InChI=1S/C17H15BrF3N3O4S2/c1-16(8-10-6-11(18)2-5-15(10)23-16)9-29(25,26)24-30(27,28)12-3-4-14(22)13(7-12)17(19,20)21/h2-8,24H,9,22H2,1H3. The van der Waals surface area contributed by atoms with Gasteiger partial charge in [-0.2, -0.15) is 13.2 Å². The number of benzene rings is 2. The molecule has 13 heteroatoms. The first kappa shape index (κ1) is 22.7. The topological polar surface area (TPSA) is 119 Å². The number of hydrogen-bond acceptors (Lipinski definition) is 6. The van der Waals surface area contributed by atoms with Crippen LogP contribution in [0, 0.1) is 0 Å². The van der Waals surface area contributed by atoms with Crippen LogP contribution < -0.4 is 20.4 Å². The molecule has 0 radical (unpaired) electrons. The van der Waals surface area contributed by atoms with Gasteiger partial charge in [-0.3, -0.25) is 4.99 Å². The van der Waals surface area contributed by atoms with Crippen LogP contribution in [0.25, 0.3) is 6.08 Å². The van der Waals surface area contributed by atoms with Gasteiger partial charge < -0.3 is 5.73 Å². The van der Waals surface area contributed by atoms with Crippen molar-refractivity contribution in [1.82, 2.24) is 4.13 Å². The largest absolute Gasteiger partial charge is 0.418 e. The van der Waals surface area contributed by atoms with Crippen LogP contribution in [0.3, 0.4) is 0 Å². The number of hydrogen-bond donors (Lipinski definition) is 2. The van der Waals surface area contributed by atoms with Crippen molar-refractivity contribution in [1.29, 1.82) is 0 Å². The van der Waals surface area contributed by atoms with Gasteiger partial charge in [0.05, 0.1) is 27.1 Å². The van der Waals surface area contributed by atoms with E-state index in [0.29, 0.717) is 10.6 Å². The third-order valence-corrected chi connectivity index (χ3v) is 8.42. The quantitative estimate of drug-likeness (QED) is 0.573. The lowest BCUT2D eigenvalue weighted by Gasteiger charge is -2.19. The summed E-state index contributed by atoms with van der Waals surface area (Å²) in [6, 6.07) is 6.95. The second-order valence-corrected chi connectivity index (χ2v) is 11.5. The Morgan fingerprint density at radius 1 is 1.13 bits per heavy atom. The molecular formula is C17H15BrF3N3O4S2. The average molecular weight is 526 g/mol. The SMILES string of the molecule is CC1(CS(=O)(=O)NS(=O)(=O)c2ccc(N)c(C(F)(F)F)c2)C=c2cc(Br)ccc2=N1. The number of halogens is 4. The average Bonchev–Trinajstić information content (AvgIpc) is 2.86. The number of nitrogens with zero attached hydrogens (tertiary/aromatic N) is 1.